The molecule has 0 spiro atoms. The van der Waals surface area contributed by atoms with Gasteiger partial charge in [-0.25, -0.2) is 4.79 Å². The number of H-pyrrole nitrogens is 2. The molecule has 2 heterocycles. The predicted molar refractivity (Wildman–Crippen MR) is 81.8 cm³/mol. The number of nitrogens with zero attached hydrogens (tertiary/aromatic N) is 1. The third-order valence-corrected chi connectivity index (χ3v) is 3.66. The van der Waals surface area contributed by atoms with E-state index < -0.39 is 0 Å². The molecule has 3 rings (SSSR count). The zero-order chi connectivity index (χ0) is 14.1. The molecule has 0 saturated heterocycles. The molecule has 102 valence electrons. The molecule has 20 heavy (non-hydrogen) atoms. The molecular formula is C14H13BrN4O. The lowest BCUT2D eigenvalue weighted by molar-refractivity contribution is 0.689. The second kappa shape index (κ2) is 5.22. The van der Waals surface area contributed by atoms with Crippen molar-refractivity contribution in [3.05, 3.63) is 62.7 Å². The van der Waals surface area contributed by atoms with Gasteiger partial charge in [-0.3, -0.25) is 4.98 Å². The van der Waals surface area contributed by atoms with Crippen molar-refractivity contribution in [2.75, 3.05) is 7.05 Å². The van der Waals surface area contributed by atoms with Crippen molar-refractivity contribution in [3.8, 4) is 0 Å². The van der Waals surface area contributed by atoms with E-state index in [2.05, 4.69) is 36.2 Å². The predicted octanol–water partition coefficient (Wildman–Crippen LogP) is 2.32. The Balaban J connectivity index is 2.08. The van der Waals surface area contributed by atoms with Gasteiger partial charge < -0.3 is 15.3 Å². The van der Waals surface area contributed by atoms with E-state index in [0.29, 0.717) is 0 Å². The number of imidazole rings is 1. The van der Waals surface area contributed by atoms with Crippen LogP contribution in [0, 0.1) is 0 Å². The first-order valence-corrected chi connectivity index (χ1v) is 6.96. The van der Waals surface area contributed by atoms with E-state index in [0.717, 1.165) is 26.6 Å². The zero-order valence-electron chi connectivity index (χ0n) is 10.8. The molecule has 3 N–H and O–H groups in total. The number of pyridine rings is 1. The Kier molecular flexibility index (Phi) is 3.42. The molecule has 1 aromatic carbocycles. The molecule has 0 amide bonds. The minimum atomic E-state index is -0.192. The molecule has 0 aliphatic rings. The second-order valence-corrected chi connectivity index (χ2v) is 5.46. The van der Waals surface area contributed by atoms with Crippen molar-refractivity contribution in [2.45, 2.75) is 6.04 Å². The summed E-state index contributed by atoms with van der Waals surface area (Å²) in [5, 5.41) is 3.27. The van der Waals surface area contributed by atoms with Gasteiger partial charge in [0.05, 0.1) is 17.1 Å². The van der Waals surface area contributed by atoms with Crippen LogP contribution >= 0.6 is 15.9 Å². The summed E-state index contributed by atoms with van der Waals surface area (Å²) >= 11 is 3.43. The number of nitrogens with one attached hydrogen (secondary N) is 3. The molecule has 0 radical (unpaired) electrons. The Morgan fingerprint density at radius 1 is 1.15 bits per heavy atom. The Morgan fingerprint density at radius 2 is 1.95 bits per heavy atom. The summed E-state index contributed by atoms with van der Waals surface area (Å²) in [4.78, 5) is 21.0. The Hall–Kier alpha value is -1.92. The number of fused-ring (bicyclic) bond motifs is 1. The minimum Gasteiger partial charge on any atom is -0.309 e. The molecule has 0 aliphatic heterocycles. The van der Waals surface area contributed by atoms with Crippen LogP contribution in [0.2, 0.25) is 0 Å². The lowest BCUT2D eigenvalue weighted by Crippen LogP contribution is -2.17. The van der Waals surface area contributed by atoms with E-state index in [9.17, 15) is 4.79 Å². The normalized spacial score (nSPS) is 12.7. The third kappa shape index (κ3) is 2.39. The molecule has 2 aromatic heterocycles. The van der Waals surface area contributed by atoms with Crippen LogP contribution in [0.5, 0.6) is 0 Å². The average molecular weight is 333 g/mol. The highest BCUT2D eigenvalue weighted by Crippen LogP contribution is 2.25. The first-order chi connectivity index (χ1) is 9.67. The van der Waals surface area contributed by atoms with E-state index in [1.807, 2.05) is 37.5 Å². The van der Waals surface area contributed by atoms with Crippen molar-refractivity contribution >= 4 is 27.0 Å². The first-order valence-electron chi connectivity index (χ1n) is 6.17. The van der Waals surface area contributed by atoms with Crippen molar-refractivity contribution < 1.29 is 0 Å². The molecule has 5 nitrogen and oxygen atoms in total. The van der Waals surface area contributed by atoms with Crippen molar-refractivity contribution in [1.29, 1.82) is 0 Å². The lowest BCUT2D eigenvalue weighted by atomic mass is 10.00. The van der Waals surface area contributed by atoms with Crippen LogP contribution in [0.15, 0.2) is 45.9 Å². The summed E-state index contributed by atoms with van der Waals surface area (Å²) < 4.78 is 0.936. The molecule has 1 unspecified atom stereocenters. The highest BCUT2D eigenvalue weighted by atomic mass is 79.9. The Labute approximate surface area is 123 Å². The minimum absolute atomic E-state index is 0.0165. The van der Waals surface area contributed by atoms with Gasteiger partial charge in [0.25, 0.3) is 0 Å². The smallest absolute Gasteiger partial charge is 0.309 e. The summed E-state index contributed by atoms with van der Waals surface area (Å²) in [5.74, 6) is 0. The monoisotopic (exact) mass is 332 g/mol. The number of halogens is 1. The number of aromatic nitrogens is 3. The van der Waals surface area contributed by atoms with Gasteiger partial charge in [-0.2, -0.15) is 0 Å². The summed E-state index contributed by atoms with van der Waals surface area (Å²) in [6.07, 6.45) is 3.58. The lowest BCUT2D eigenvalue weighted by Gasteiger charge is -2.17. The quantitative estimate of drug-likeness (QED) is 0.689. The van der Waals surface area contributed by atoms with Gasteiger partial charge in [-0.05, 0) is 52.3 Å². The second-order valence-electron chi connectivity index (χ2n) is 4.54. The summed E-state index contributed by atoms with van der Waals surface area (Å²) in [7, 11) is 1.90. The number of benzene rings is 1. The summed E-state index contributed by atoms with van der Waals surface area (Å²) in [6, 6.07) is 7.91. The Morgan fingerprint density at radius 3 is 2.70 bits per heavy atom. The maximum Gasteiger partial charge on any atom is 0.323 e. The fourth-order valence-corrected chi connectivity index (χ4v) is 2.72. The van der Waals surface area contributed by atoms with Crippen molar-refractivity contribution in [2.24, 2.45) is 0 Å². The van der Waals surface area contributed by atoms with Gasteiger partial charge in [-0.15, -0.1) is 0 Å². The molecule has 1 atom stereocenters. The van der Waals surface area contributed by atoms with Crippen LogP contribution in [-0.2, 0) is 0 Å². The maximum atomic E-state index is 11.3. The fraction of sp³-hybridized carbons (Fsp3) is 0.143. The molecular weight excluding hydrogens is 320 g/mol. The van der Waals surface area contributed by atoms with Gasteiger partial charge >= 0.3 is 5.69 Å². The fourth-order valence-electron chi connectivity index (χ4n) is 2.34. The number of hydrogen-bond acceptors (Lipinski definition) is 3. The van der Waals surface area contributed by atoms with Crippen LogP contribution in [0.1, 0.15) is 17.2 Å². The van der Waals surface area contributed by atoms with Crippen LogP contribution in [0.25, 0.3) is 11.0 Å². The SMILES string of the molecule is CNC(c1cncc(Br)c1)c1ccc2[nH]c(=O)[nH]c2c1. The van der Waals surface area contributed by atoms with Gasteiger partial charge in [-0.1, -0.05) is 6.07 Å². The van der Waals surface area contributed by atoms with E-state index in [1.165, 1.54) is 0 Å². The molecule has 6 heteroatoms. The Bertz CT molecular complexity index is 808. The van der Waals surface area contributed by atoms with Crippen molar-refractivity contribution in [3.63, 3.8) is 0 Å². The average Bonchev–Trinajstić information content (AvgIpc) is 2.79. The topological polar surface area (TPSA) is 73.6 Å². The highest BCUT2D eigenvalue weighted by Gasteiger charge is 2.13. The maximum absolute atomic E-state index is 11.3. The highest BCUT2D eigenvalue weighted by molar-refractivity contribution is 9.10. The van der Waals surface area contributed by atoms with Gasteiger partial charge in [0, 0.05) is 16.9 Å². The van der Waals surface area contributed by atoms with Crippen LogP contribution in [0.3, 0.4) is 0 Å². The zero-order valence-corrected chi connectivity index (χ0v) is 12.4. The molecule has 0 bridgehead atoms. The van der Waals surface area contributed by atoms with Crippen LogP contribution < -0.4 is 11.0 Å². The molecule has 0 aliphatic carbocycles. The van der Waals surface area contributed by atoms with E-state index in [1.54, 1.807) is 6.20 Å². The number of aromatic amines is 2. The first kappa shape index (κ1) is 13.1. The third-order valence-electron chi connectivity index (χ3n) is 3.22. The van der Waals surface area contributed by atoms with Gasteiger partial charge in [0.1, 0.15) is 0 Å². The van der Waals surface area contributed by atoms with Gasteiger partial charge in [0.2, 0.25) is 0 Å². The molecule has 3 aromatic rings. The molecule has 0 saturated carbocycles. The summed E-state index contributed by atoms with van der Waals surface area (Å²) in [6.45, 7) is 0. The molecule has 0 fully saturated rings. The number of hydrogen-bond donors (Lipinski definition) is 3. The van der Waals surface area contributed by atoms with E-state index in [4.69, 9.17) is 0 Å². The van der Waals surface area contributed by atoms with Crippen LogP contribution in [0.4, 0.5) is 0 Å². The number of rotatable bonds is 3. The van der Waals surface area contributed by atoms with Crippen LogP contribution in [-0.4, -0.2) is 22.0 Å². The summed E-state index contributed by atoms with van der Waals surface area (Å²) in [5.41, 5.74) is 3.54. The van der Waals surface area contributed by atoms with E-state index in [-0.39, 0.29) is 11.7 Å². The van der Waals surface area contributed by atoms with E-state index >= 15 is 0 Å². The largest absolute Gasteiger partial charge is 0.323 e. The standard InChI is InChI=1S/C14H13BrN4O/c1-16-13(9-4-10(15)7-17-6-9)8-2-3-11-12(5-8)19-14(20)18-11/h2-7,13,16H,1H3,(H2,18,19,20). The van der Waals surface area contributed by atoms with Crippen molar-refractivity contribution in [1.82, 2.24) is 20.3 Å². The van der Waals surface area contributed by atoms with Gasteiger partial charge in [0.15, 0.2) is 0 Å².